The first-order valence-electron chi connectivity index (χ1n) is 9.77. The van der Waals surface area contributed by atoms with Crippen LogP contribution < -0.4 is 4.90 Å². The first-order chi connectivity index (χ1) is 13.6. The summed E-state index contributed by atoms with van der Waals surface area (Å²) in [5, 5.41) is 5.47. The van der Waals surface area contributed by atoms with E-state index in [1.807, 2.05) is 31.4 Å². The van der Waals surface area contributed by atoms with E-state index in [0.29, 0.717) is 12.0 Å². The SMILES string of the molecule is CN1CCN(c2ccc3c(c2)C(=O)OC(c2ccc4nn(C)cc4c2)C3)CC1. The number of aromatic nitrogens is 2. The van der Waals surface area contributed by atoms with E-state index in [1.165, 1.54) is 0 Å². The Morgan fingerprint density at radius 2 is 1.86 bits per heavy atom. The van der Waals surface area contributed by atoms with Crippen molar-refractivity contribution in [3.8, 4) is 0 Å². The third-order valence-corrected chi connectivity index (χ3v) is 5.85. The molecular formula is C22H24N4O2. The van der Waals surface area contributed by atoms with E-state index < -0.39 is 0 Å². The van der Waals surface area contributed by atoms with Crippen LogP contribution in [0.1, 0.15) is 27.6 Å². The molecule has 3 heterocycles. The molecule has 2 aliphatic heterocycles. The summed E-state index contributed by atoms with van der Waals surface area (Å²) in [6, 6.07) is 12.3. The van der Waals surface area contributed by atoms with Gasteiger partial charge in [-0.05, 0) is 42.4 Å². The highest BCUT2D eigenvalue weighted by atomic mass is 16.5. The molecule has 0 spiro atoms. The normalized spacial score (nSPS) is 20.3. The largest absolute Gasteiger partial charge is 0.454 e. The van der Waals surface area contributed by atoms with Crippen molar-refractivity contribution in [2.24, 2.45) is 7.05 Å². The molecular weight excluding hydrogens is 352 g/mol. The van der Waals surface area contributed by atoms with Gasteiger partial charge in [0, 0.05) is 56.9 Å². The molecule has 0 radical (unpaired) electrons. The first kappa shape index (κ1) is 17.3. The predicted octanol–water partition coefficient (Wildman–Crippen LogP) is 2.78. The third-order valence-electron chi connectivity index (χ3n) is 5.85. The van der Waals surface area contributed by atoms with Crippen LogP contribution >= 0.6 is 0 Å². The fourth-order valence-corrected chi connectivity index (χ4v) is 4.18. The number of piperazine rings is 1. The lowest BCUT2D eigenvalue weighted by atomic mass is 9.93. The molecule has 0 aliphatic carbocycles. The molecule has 2 aliphatic rings. The summed E-state index contributed by atoms with van der Waals surface area (Å²) in [7, 11) is 4.05. The van der Waals surface area contributed by atoms with Crippen molar-refractivity contribution in [1.82, 2.24) is 14.7 Å². The number of aryl methyl sites for hydroxylation is 1. The standard InChI is InChI=1S/C22H24N4O2/c1-24-7-9-26(10-8-24)18-5-3-15-12-21(28-22(27)19(15)13-18)16-4-6-20-17(11-16)14-25(2)23-20/h3-6,11,13-14,21H,7-10,12H2,1-2H3. The van der Waals surface area contributed by atoms with E-state index >= 15 is 0 Å². The number of benzene rings is 2. The molecule has 1 fully saturated rings. The van der Waals surface area contributed by atoms with Gasteiger partial charge in [-0.25, -0.2) is 4.79 Å². The number of esters is 1. The van der Waals surface area contributed by atoms with Crippen molar-refractivity contribution >= 4 is 22.6 Å². The van der Waals surface area contributed by atoms with Crippen molar-refractivity contribution in [2.75, 3.05) is 38.1 Å². The van der Waals surface area contributed by atoms with Crippen LogP contribution in [0.2, 0.25) is 0 Å². The van der Waals surface area contributed by atoms with Crippen LogP contribution in [0, 0.1) is 0 Å². The smallest absolute Gasteiger partial charge is 0.339 e. The van der Waals surface area contributed by atoms with Crippen molar-refractivity contribution < 1.29 is 9.53 Å². The second-order valence-corrected chi connectivity index (χ2v) is 7.85. The maximum absolute atomic E-state index is 12.8. The molecule has 144 valence electrons. The van der Waals surface area contributed by atoms with Gasteiger partial charge in [0.1, 0.15) is 6.10 Å². The lowest BCUT2D eigenvalue weighted by molar-refractivity contribution is 0.0253. The molecule has 1 aromatic heterocycles. The van der Waals surface area contributed by atoms with Crippen LogP contribution in [0.25, 0.3) is 10.9 Å². The Kier molecular flexibility index (Phi) is 4.09. The Morgan fingerprint density at radius 1 is 1.04 bits per heavy atom. The minimum Gasteiger partial charge on any atom is -0.454 e. The van der Waals surface area contributed by atoms with E-state index in [-0.39, 0.29) is 12.1 Å². The number of carbonyl (C=O) groups is 1. The van der Waals surface area contributed by atoms with Gasteiger partial charge in [0.15, 0.2) is 0 Å². The Bertz CT molecular complexity index is 1050. The molecule has 0 N–H and O–H groups in total. The molecule has 28 heavy (non-hydrogen) atoms. The van der Waals surface area contributed by atoms with Crippen LogP contribution in [0.5, 0.6) is 0 Å². The van der Waals surface area contributed by atoms with Gasteiger partial charge in [-0.15, -0.1) is 0 Å². The molecule has 0 amide bonds. The zero-order valence-electron chi connectivity index (χ0n) is 16.3. The summed E-state index contributed by atoms with van der Waals surface area (Å²) >= 11 is 0. The number of nitrogens with zero attached hydrogens (tertiary/aromatic N) is 4. The summed E-state index contributed by atoms with van der Waals surface area (Å²) < 4.78 is 7.62. The van der Waals surface area contributed by atoms with Crippen molar-refractivity contribution in [2.45, 2.75) is 12.5 Å². The van der Waals surface area contributed by atoms with Gasteiger partial charge in [0.25, 0.3) is 0 Å². The van der Waals surface area contributed by atoms with Crippen LogP contribution in [0.3, 0.4) is 0 Å². The average molecular weight is 376 g/mol. The molecule has 0 saturated carbocycles. The summed E-state index contributed by atoms with van der Waals surface area (Å²) in [5.41, 5.74) is 4.84. The highest BCUT2D eigenvalue weighted by Crippen LogP contribution is 2.33. The Labute approximate surface area is 164 Å². The topological polar surface area (TPSA) is 50.6 Å². The zero-order valence-corrected chi connectivity index (χ0v) is 16.3. The quantitative estimate of drug-likeness (QED) is 0.644. The third kappa shape index (κ3) is 3.03. The van der Waals surface area contributed by atoms with E-state index in [0.717, 1.165) is 53.9 Å². The fraction of sp³-hybridized carbons (Fsp3) is 0.364. The number of carbonyl (C=O) groups excluding carboxylic acids is 1. The molecule has 1 unspecified atom stereocenters. The number of rotatable bonds is 2. The number of anilines is 1. The Hall–Kier alpha value is -2.86. The zero-order chi connectivity index (χ0) is 19.3. The van der Waals surface area contributed by atoms with Crippen molar-refractivity contribution in [1.29, 1.82) is 0 Å². The highest BCUT2D eigenvalue weighted by Gasteiger charge is 2.29. The van der Waals surface area contributed by atoms with Gasteiger partial charge in [-0.3, -0.25) is 4.68 Å². The molecule has 0 bridgehead atoms. The second kappa shape index (κ2) is 6.63. The number of ether oxygens (including phenoxy) is 1. The fourth-order valence-electron chi connectivity index (χ4n) is 4.18. The number of cyclic esters (lactones) is 1. The predicted molar refractivity (Wildman–Crippen MR) is 109 cm³/mol. The van der Waals surface area contributed by atoms with Crippen molar-refractivity contribution in [3.05, 3.63) is 59.3 Å². The molecule has 1 saturated heterocycles. The van der Waals surface area contributed by atoms with Crippen molar-refractivity contribution in [3.63, 3.8) is 0 Å². The molecule has 5 rings (SSSR count). The molecule has 1 atom stereocenters. The van der Waals surface area contributed by atoms with Crippen LogP contribution in [0.4, 0.5) is 5.69 Å². The second-order valence-electron chi connectivity index (χ2n) is 7.85. The Balaban J connectivity index is 1.41. The number of hydrogen-bond acceptors (Lipinski definition) is 5. The van der Waals surface area contributed by atoms with E-state index in [9.17, 15) is 4.79 Å². The van der Waals surface area contributed by atoms with Crippen LogP contribution in [-0.4, -0.2) is 53.9 Å². The molecule has 6 nitrogen and oxygen atoms in total. The van der Waals surface area contributed by atoms with Gasteiger partial charge >= 0.3 is 5.97 Å². The number of hydrogen-bond donors (Lipinski definition) is 0. The summed E-state index contributed by atoms with van der Waals surface area (Å²) in [6.45, 7) is 4.05. The number of fused-ring (bicyclic) bond motifs is 2. The molecule has 3 aromatic rings. The average Bonchev–Trinajstić information content (AvgIpc) is 3.07. The van der Waals surface area contributed by atoms with E-state index in [2.05, 4.69) is 40.1 Å². The van der Waals surface area contributed by atoms with Gasteiger partial charge < -0.3 is 14.5 Å². The maximum atomic E-state index is 12.8. The Morgan fingerprint density at radius 3 is 2.68 bits per heavy atom. The highest BCUT2D eigenvalue weighted by molar-refractivity contribution is 5.93. The minimum atomic E-state index is -0.251. The lowest BCUT2D eigenvalue weighted by Gasteiger charge is -2.35. The van der Waals surface area contributed by atoms with Crippen LogP contribution in [0.15, 0.2) is 42.6 Å². The first-order valence-corrected chi connectivity index (χ1v) is 9.77. The summed E-state index contributed by atoms with van der Waals surface area (Å²) in [6.07, 6.45) is 2.44. The van der Waals surface area contributed by atoms with Gasteiger partial charge in [0.2, 0.25) is 0 Å². The van der Waals surface area contributed by atoms with Gasteiger partial charge in [-0.2, -0.15) is 5.10 Å². The monoisotopic (exact) mass is 376 g/mol. The molecule has 6 heteroatoms. The molecule has 2 aromatic carbocycles. The summed E-state index contributed by atoms with van der Waals surface area (Å²) in [5.74, 6) is -0.228. The number of likely N-dealkylation sites (N-methyl/N-ethyl adjacent to an activating group) is 1. The van der Waals surface area contributed by atoms with E-state index in [1.54, 1.807) is 4.68 Å². The van der Waals surface area contributed by atoms with E-state index in [4.69, 9.17) is 4.74 Å². The van der Waals surface area contributed by atoms with Gasteiger partial charge in [0.05, 0.1) is 11.1 Å². The summed E-state index contributed by atoms with van der Waals surface area (Å²) in [4.78, 5) is 17.4. The lowest BCUT2D eigenvalue weighted by Crippen LogP contribution is -2.44. The maximum Gasteiger partial charge on any atom is 0.339 e. The minimum absolute atomic E-state index is 0.228. The van der Waals surface area contributed by atoms with Crippen LogP contribution in [-0.2, 0) is 18.2 Å². The van der Waals surface area contributed by atoms with Gasteiger partial charge in [-0.1, -0.05) is 12.1 Å².